The maximum Gasteiger partial charge on any atom is 0.337 e. The van der Waals surface area contributed by atoms with Gasteiger partial charge in [0.2, 0.25) is 0 Å². The van der Waals surface area contributed by atoms with Gasteiger partial charge in [-0.15, -0.1) is 0 Å². The van der Waals surface area contributed by atoms with Crippen LogP contribution in [0.2, 0.25) is 0 Å². The van der Waals surface area contributed by atoms with Gasteiger partial charge in [-0.1, -0.05) is 0 Å². The average molecular weight is 305 g/mol. The van der Waals surface area contributed by atoms with E-state index in [1.807, 2.05) is 0 Å². The zero-order valence-electron chi connectivity index (χ0n) is 9.65. The van der Waals surface area contributed by atoms with Crippen LogP contribution in [0.1, 0.15) is 17.2 Å². The maximum atomic E-state index is 10.8. The van der Waals surface area contributed by atoms with Crippen LogP contribution in [0.5, 0.6) is 11.5 Å². The largest absolute Gasteiger partial charge is 0.496 e. The molecule has 1 aromatic rings. The van der Waals surface area contributed by atoms with E-state index in [1.54, 1.807) is 6.92 Å². The highest BCUT2D eigenvalue weighted by Crippen LogP contribution is 2.40. The zero-order chi connectivity index (χ0) is 13.2. The molecule has 6 heteroatoms. The highest BCUT2D eigenvalue weighted by Gasteiger charge is 2.24. The number of methoxy groups -OCH3 is 2. The van der Waals surface area contributed by atoms with Crippen LogP contribution in [-0.2, 0) is 4.79 Å². The van der Waals surface area contributed by atoms with Gasteiger partial charge >= 0.3 is 5.97 Å². The predicted molar refractivity (Wildman–Crippen MR) is 64.6 cm³/mol. The summed E-state index contributed by atoms with van der Waals surface area (Å²) in [5, 5.41) is 18.4. The monoisotopic (exact) mass is 304 g/mol. The molecule has 1 atom stereocenters. The van der Waals surface area contributed by atoms with Crippen LogP contribution < -0.4 is 9.47 Å². The summed E-state index contributed by atoms with van der Waals surface area (Å²) < 4.78 is 10.8. The molecular formula is C11H13BrO5. The highest BCUT2D eigenvalue weighted by atomic mass is 79.9. The molecule has 0 fully saturated rings. The van der Waals surface area contributed by atoms with Gasteiger partial charge in [0.05, 0.1) is 18.7 Å². The number of hydrogen-bond acceptors (Lipinski definition) is 4. The van der Waals surface area contributed by atoms with Crippen molar-refractivity contribution in [3.05, 3.63) is 21.7 Å². The van der Waals surface area contributed by atoms with E-state index in [0.29, 0.717) is 21.5 Å². The molecule has 94 valence electrons. The van der Waals surface area contributed by atoms with Crippen LogP contribution in [-0.4, -0.2) is 30.4 Å². The quantitative estimate of drug-likeness (QED) is 0.888. The molecule has 0 heterocycles. The number of carboxylic acid groups (broad SMARTS) is 1. The molecular weight excluding hydrogens is 292 g/mol. The Bertz CT molecular complexity index is 444. The summed E-state index contributed by atoms with van der Waals surface area (Å²) in [4.78, 5) is 10.8. The second-order valence-electron chi connectivity index (χ2n) is 3.38. The molecule has 5 nitrogen and oxygen atoms in total. The Labute approximate surface area is 107 Å². The van der Waals surface area contributed by atoms with Gasteiger partial charge < -0.3 is 19.7 Å². The Morgan fingerprint density at radius 3 is 2.29 bits per heavy atom. The van der Waals surface area contributed by atoms with E-state index in [0.717, 1.165) is 0 Å². The number of aliphatic hydroxyl groups excluding tert-OH is 1. The number of benzene rings is 1. The molecule has 0 spiro atoms. The lowest BCUT2D eigenvalue weighted by molar-refractivity contribution is -0.147. The number of aliphatic hydroxyl groups is 1. The van der Waals surface area contributed by atoms with Crippen molar-refractivity contribution < 1.29 is 24.5 Å². The van der Waals surface area contributed by atoms with Crippen molar-refractivity contribution in [1.29, 1.82) is 0 Å². The van der Waals surface area contributed by atoms with Crippen LogP contribution in [0.15, 0.2) is 10.5 Å². The van der Waals surface area contributed by atoms with E-state index >= 15 is 0 Å². The molecule has 17 heavy (non-hydrogen) atoms. The number of hydrogen-bond donors (Lipinski definition) is 2. The third kappa shape index (κ3) is 2.53. The van der Waals surface area contributed by atoms with Gasteiger partial charge in [-0.3, -0.25) is 0 Å². The number of halogens is 1. The lowest BCUT2D eigenvalue weighted by atomic mass is 10.0. The van der Waals surface area contributed by atoms with Crippen LogP contribution >= 0.6 is 15.9 Å². The topological polar surface area (TPSA) is 76.0 Å². The minimum Gasteiger partial charge on any atom is -0.496 e. The van der Waals surface area contributed by atoms with E-state index in [4.69, 9.17) is 14.6 Å². The molecule has 0 aliphatic heterocycles. The Morgan fingerprint density at radius 2 is 1.88 bits per heavy atom. The third-order valence-electron chi connectivity index (χ3n) is 2.38. The Morgan fingerprint density at radius 1 is 1.35 bits per heavy atom. The Balaban J connectivity index is 3.46. The summed E-state index contributed by atoms with van der Waals surface area (Å²) in [6.07, 6.45) is -1.63. The van der Waals surface area contributed by atoms with Crippen molar-refractivity contribution >= 4 is 21.9 Å². The predicted octanol–water partition coefficient (Wildman–Crippen LogP) is 1.89. The first-order valence-electron chi connectivity index (χ1n) is 4.75. The van der Waals surface area contributed by atoms with E-state index in [9.17, 15) is 9.90 Å². The van der Waals surface area contributed by atoms with Gasteiger partial charge in [-0.2, -0.15) is 0 Å². The Kier molecular flexibility index (Phi) is 4.36. The van der Waals surface area contributed by atoms with E-state index in [1.165, 1.54) is 20.3 Å². The summed E-state index contributed by atoms with van der Waals surface area (Å²) in [5.41, 5.74) is 0.810. The van der Waals surface area contributed by atoms with Gasteiger partial charge in [0, 0.05) is 11.1 Å². The van der Waals surface area contributed by atoms with Gasteiger partial charge in [-0.05, 0) is 28.9 Å². The van der Waals surface area contributed by atoms with Crippen molar-refractivity contribution in [2.75, 3.05) is 14.2 Å². The fraction of sp³-hybridized carbons (Fsp3) is 0.364. The van der Waals surface area contributed by atoms with Crippen LogP contribution in [0, 0.1) is 6.92 Å². The SMILES string of the molecule is COc1c(Br)cc(C(O)C(=O)O)c(OC)c1C. The van der Waals surface area contributed by atoms with Gasteiger partial charge in [0.15, 0.2) is 6.10 Å². The first kappa shape index (κ1) is 13.8. The molecule has 0 saturated heterocycles. The van der Waals surface area contributed by atoms with Crippen molar-refractivity contribution in [3.63, 3.8) is 0 Å². The molecule has 0 radical (unpaired) electrons. The fourth-order valence-corrected chi connectivity index (χ4v) is 2.33. The number of rotatable bonds is 4. The van der Waals surface area contributed by atoms with Crippen molar-refractivity contribution in [1.82, 2.24) is 0 Å². The lowest BCUT2D eigenvalue weighted by Gasteiger charge is -2.17. The second-order valence-corrected chi connectivity index (χ2v) is 4.23. The second kappa shape index (κ2) is 5.37. The molecule has 0 aromatic heterocycles. The van der Waals surface area contributed by atoms with E-state index < -0.39 is 12.1 Å². The zero-order valence-corrected chi connectivity index (χ0v) is 11.2. The summed E-state index contributed by atoms with van der Waals surface area (Å²) in [6, 6.07) is 1.48. The third-order valence-corrected chi connectivity index (χ3v) is 2.97. The average Bonchev–Trinajstić information content (AvgIpc) is 2.27. The number of carboxylic acids is 1. The van der Waals surface area contributed by atoms with Gasteiger partial charge in [0.25, 0.3) is 0 Å². The minimum atomic E-state index is -1.63. The van der Waals surface area contributed by atoms with Crippen LogP contribution in [0.3, 0.4) is 0 Å². The standard InChI is InChI=1S/C11H13BrO5/c1-5-9(16-2)6(8(13)11(14)15)4-7(12)10(5)17-3/h4,8,13H,1-3H3,(H,14,15). The first-order chi connectivity index (χ1) is 7.93. The summed E-state index contributed by atoms with van der Waals surface area (Å²) in [5.74, 6) is -0.483. The first-order valence-corrected chi connectivity index (χ1v) is 5.55. The number of ether oxygens (including phenoxy) is 2. The lowest BCUT2D eigenvalue weighted by Crippen LogP contribution is -2.12. The molecule has 0 aliphatic rings. The molecule has 0 bridgehead atoms. The summed E-state index contributed by atoms with van der Waals surface area (Å²) in [6.45, 7) is 1.72. The molecule has 0 amide bonds. The summed E-state index contributed by atoms with van der Waals surface area (Å²) in [7, 11) is 2.91. The van der Waals surface area contributed by atoms with Crippen molar-refractivity contribution in [2.24, 2.45) is 0 Å². The van der Waals surface area contributed by atoms with Crippen LogP contribution in [0.4, 0.5) is 0 Å². The molecule has 0 aliphatic carbocycles. The number of aliphatic carboxylic acids is 1. The normalized spacial score (nSPS) is 12.1. The molecule has 1 rings (SSSR count). The van der Waals surface area contributed by atoms with Gasteiger partial charge in [0.1, 0.15) is 11.5 Å². The Hall–Kier alpha value is -1.27. The molecule has 1 aromatic carbocycles. The molecule has 1 unspecified atom stereocenters. The summed E-state index contributed by atoms with van der Waals surface area (Å²) >= 11 is 3.25. The van der Waals surface area contributed by atoms with Crippen molar-refractivity contribution in [2.45, 2.75) is 13.0 Å². The molecule has 2 N–H and O–H groups in total. The van der Waals surface area contributed by atoms with Crippen LogP contribution in [0.25, 0.3) is 0 Å². The number of carbonyl (C=O) groups is 1. The van der Waals surface area contributed by atoms with Gasteiger partial charge in [-0.25, -0.2) is 4.79 Å². The van der Waals surface area contributed by atoms with E-state index in [-0.39, 0.29) is 5.56 Å². The van der Waals surface area contributed by atoms with Crippen molar-refractivity contribution in [3.8, 4) is 11.5 Å². The highest BCUT2D eigenvalue weighted by molar-refractivity contribution is 9.10. The fourth-order valence-electron chi connectivity index (χ4n) is 1.62. The minimum absolute atomic E-state index is 0.185. The molecule has 0 saturated carbocycles. The maximum absolute atomic E-state index is 10.8. The van der Waals surface area contributed by atoms with E-state index in [2.05, 4.69) is 15.9 Å². The smallest absolute Gasteiger partial charge is 0.337 e.